The Morgan fingerprint density at radius 2 is 2.06 bits per heavy atom. The van der Waals surface area contributed by atoms with E-state index in [1.807, 2.05) is 23.3 Å². The van der Waals surface area contributed by atoms with Crippen molar-refractivity contribution in [2.24, 2.45) is 15.8 Å². The monoisotopic (exact) mass is 570 g/mol. The summed E-state index contributed by atoms with van der Waals surface area (Å²) in [6, 6.07) is 2.94. The molecule has 5 atom stereocenters. The Labute approximate surface area is 222 Å². The summed E-state index contributed by atoms with van der Waals surface area (Å²) in [7, 11) is -3.39. The van der Waals surface area contributed by atoms with E-state index in [4.69, 9.17) is 32.8 Å². The number of hydrogen-bond acceptors (Lipinski definition) is 10. The van der Waals surface area contributed by atoms with Crippen molar-refractivity contribution in [1.29, 1.82) is 5.26 Å². The molecule has 1 fully saturated rings. The van der Waals surface area contributed by atoms with Crippen LogP contribution in [-0.4, -0.2) is 67.1 Å². The van der Waals surface area contributed by atoms with E-state index in [1.54, 1.807) is 0 Å². The number of nitrogens with one attached hydrogen (secondary N) is 1. The minimum atomic E-state index is -3.85. The van der Waals surface area contributed by atoms with Crippen molar-refractivity contribution in [1.82, 2.24) is 5.32 Å². The van der Waals surface area contributed by atoms with Crippen LogP contribution in [0.2, 0.25) is 6.04 Å². The molecule has 0 spiro atoms. The molecule has 35 heavy (non-hydrogen) atoms. The fraction of sp³-hybridized carbons (Fsp3) is 0.955. The second-order valence-corrected chi connectivity index (χ2v) is 11.9. The molecule has 0 amide bonds. The molecule has 1 aliphatic heterocycles. The smallest absolute Gasteiger partial charge is 0.0190 e. The average molecular weight is 571 g/mol. The fourth-order valence-corrected chi connectivity index (χ4v) is 6.19. The van der Waals surface area contributed by atoms with Crippen LogP contribution in [0.3, 0.4) is 0 Å². The molecule has 0 aromatic heterocycles. The predicted octanol–water partition coefficient (Wildman–Crippen LogP) is 4.37. The number of rotatable bonds is 21. The van der Waals surface area contributed by atoms with Gasteiger partial charge in [-0.15, -0.1) is 0 Å². The van der Waals surface area contributed by atoms with E-state index < -0.39 is 20.0 Å². The number of phosphoric acid groups is 1. The Kier molecular flexibility index (Phi) is 17.3. The van der Waals surface area contributed by atoms with Gasteiger partial charge in [0.25, 0.3) is 0 Å². The molecule has 1 aliphatic rings. The molecule has 0 saturated carbocycles. The molecular weight excluding hydrogens is 528 g/mol. The summed E-state index contributed by atoms with van der Waals surface area (Å²) < 4.78 is 45.1. The first-order valence-corrected chi connectivity index (χ1v) is 15.6. The molecule has 2 radical (unpaired) electrons. The molecular formula is C22H42N3O7PSiV. The summed E-state index contributed by atoms with van der Waals surface area (Å²) in [5, 5.41) is 12.1. The SMILES string of the molecule is CCC(C)C(C)(O[Si]CCCNCCOP(=O)(OCCC#N)OC1CCOC1CO[N]=[V])C(C)C. The van der Waals surface area contributed by atoms with Crippen molar-refractivity contribution in [2.75, 3.05) is 39.5 Å². The third-order valence-corrected chi connectivity index (χ3v) is 9.21. The van der Waals surface area contributed by atoms with E-state index in [2.05, 4.69) is 43.9 Å². The first-order valence-electron chi connectivity index (χ1n) is 12.4. The quantitative estimate of drug-likeness (QED) is 0.0928. The molecule has 1 rings (SSSR count). The van der Waals surface area contributed by atoms with Gasteiger partial charge in [-0.1, -0.05) is 34.1 Å². The molecule has 0 aliphatic carbocycles. The van der Waals surface area contributed by atoms with Gasteiger partial charge in [0.05, 0.1) is 5.60 Å². The fourth-order valence-electron chi connectivity index (χ4n) is 3.52. The average Bonchev–Trinajstić information content (AvgIpc) is 3.27. The van der Waals surface area contributed by atoms with E-state index in [1.165, 1.54) is 0 Å². The standard InChI is InChI=1S/C22H42N3O7PSi.V/c1-6-19(4)22(5,18(2)3)32-34-16-8-11-25-12-15-30-33(26,29-13-7-10-23)31-20-9-14-27-21(20)17-28-24;/h18-21,25H,6-9,11-17H2,1-5H3;. The predicted molar refractivity (Wildman–Crippen MR) is 129 cm³/mol. The molecule has 201 valence electrons. The zero-order valence-electron chi connectivity index (χ0n) is 21.7. The number of nitriles is 1. The van der Waals surface area contributed by atoms with Crippen molar-refractivity contribution in [3.63, 3.8) is 0 Å². The maximum atomic E-state index is 13.1. The summed E-state index contributed by atoms with van der Waals surface area (Å²) in [5.41, 5.74) is -0.0960. The minimum absolute atomic E-state index is 0.0371. The van der Waals surface area contributed by atoms with Gasteiger partial charge in [-0.3, -0.25) is 0 Å². The number of phosphoric ester groups is 1. The van der Waals surface area contributed by atoms with Crippen LogP contribution >= 0.6 is 7.82 Å². The van der Waals surface area contributed by atoms with Gasteiger partial charge in [0.15, 0.2) is 0 Å². The maximum Gasteiger partial charge on any atom is -0.0190 e. The maximum absolute atomic E-state index is 13.1. The first kappa shape index (κ1) is 33.1. The molecule has 1 N–H and O–H groups in total. The number of ether oxygens (including phenoxy) is 1. The van der Waals surface area contributed by atoms with Crippen LogP contribution in [-0.2, 0) is 49.4 Å². The van der Waals surface area contributed by atoms with Gasteiger partial charge < -0.3 is 4.43 Å². The Bertz CT molecular complexity index is 688. The van der Waals surface area contributed by atoms with E-state index >= 15 is 0 Å². The van der Waals surface area contributed by atoms with Gasteiger partial charge in [0.1, 0.15) is 0 Å². The Hall–Kier alpha value is 0.0413. The van der Waals surface area contributed by atoms with Crippen molar-refractivity contribution >= 4 is 17.6 Å². The second kappa shape index (κ2) is 18.3. The number of hydrogen-bond donors (Lipinski definition) is 1. The van der Waals surface area contributed by atoms with Crippen molar-refractivity contribution < 1.29 is 49.4 Å². The largest absolute Gasteiger partial charge is 0.0601 e. The van der Waals surface area contributed by atoms with Crippen LogP contribution in [0.1, 0.15) is 60.3 Å². The summed E-state index contributed by atoms with van der Waals surface area (Å²) in [5.74, 6) is 0.978. The molecule has 0 aromatic rings. The Balaban J connectivity index is 2.36. The summed E-state index contributed by atoms with van der Waals surface area (Å²) >= 11 is 1.96. The van der Waals surface area contributed by atoms with E-state index in [9.17, 15) is 4.57 Å². The van der Waals surface area contributed by atoms with Crippen LogP contribution in [0.4, 0.5) is 0 Å². The molecule has 0 aromatic carbocycles. The third-order valence-electron chi connectivity index (χ3n) is 6.36. The molecule has 13 heteroatoms. The summed E-state index contributed by atoms with van der Waals surface area (Å²) in [4.78, 5) is 5.02. The van der Waals surface area contributed by atoms with Gasteiger partial charge in [0.2, 0.25) is 9.76 Å². The Morgan fingerprint density at radius 3 is 2.71 bits per heavy atom. The van der Waals surface area contributed by atoms with Crippen LogP contribution in [0.25, 0.3) is 0 Å². The molecule has 5 unspecified atom stereocenters. The zero-order chi connectivity index (χ0) is 26.2. The Morgan fingerprint density at radius 1 is 1.31 bits per heavy atom. The van der Waals surface area contributed by atoms with Gasteiger partial charge in [-0.05, 0) is 31.2 Å². The van der Waals surface area contributed by atoms with Crippen molar-refractivity contribution in [3.05, 3.63) is 0 Å². The van der Waals surface area contributed by atoms with Gasteiger partial charge in [0, 0.05) is 0 Å². The van der Waals surface area contributed by atoms with Crippen LogP contribution in [0.15, 0.2) is 3.95 Å². The van der Waals surface area contributed by atoms with Gasteiger partial charge >= 0.3 is 138 Å². The van der Waals surface area contributed by atoms with E-state index in [0.717, 1.165) is 25.4 Å². The molecule has 1 saturated heterocycles. The first-order chi connectivity index (χ1) is 16.7. The second-order valence-electron chi connectivity index (χ2n) is 8.99. The van der Waals surface area contributed by atoms with Crippen LogP contribution < -0.4 is 5.32 Å². The number of nitrogens with zero attached hydrogens (tertiary/aromatic N) is 2. The van der Waals surface area contributed by atoms with E-state index in [0.29, 0.717) is 41.2 Å². The van der Waals surface area contributed by atoms with E-state index in [-0.39, 0.29) is 31.8 Å². The third kappa shape index (κ3) is 12.4. The van der Waals surface area contributed by atoms with Crippen molar-refractivity contribution in [3.8, 4) is 6.07 Å². The van der Waals surface area contributed by atoms with Crippen LogP contribution in [0.5, 0.6) is 0 Å². The topological polar surface area (TPSA) is 121 Å². The van der Waals surface area contributed by atoms with Gasteiger partial charge in [-0.25, -0.2) is 0 Å². The molecule has 1 heterocycles. The summed E-state index contributed by atoms with van der Waals surface area (Å²) in [6.45, 7) is 13.2. The van der Waals surface area contributed by atoms with Crippen LogP contribution in [0, 0.1) is 23.2 Å². The zero-order valence-corrected chi connectivity index (χ0v) is 25.0. The summed E-state index contributed by atoms with van der Waals surface area (Å²) in [6.07, 6.45) is 1.78. The van der Waals surface area contributed by atoms with Crippen molar-refractivity contribution in [2.45, 2.75) is 84.2 Å². The molecule has 0 bridgehead atoms. The minimum Gasteiger partial charge on any atom is -0.0601 e. The van der Waals surface area contributed by atoms with Gasteiger partial charge in [-0.2, -0.15) is 0 Å². The molecule has 10 nitrogen and oxygen atoms in total. The normalized spacial score (nSPS) is 22.4.